The van der Waals surface area contributed by atoms with Crippen LogP contribution in [0, 0.1) is 0 Å². The Morgan fingerprint density at radius 2 is 1.74 bits per heavy atom. The van der Waals surface area contributed by atoms with Crippen molar-refractivity contribution < 1.29 is 26.7 Å². The topological polar surface area (TPSA) is 57.6 Å². The van der Waals surface area contributed by atoms with Gasteiger partial charge in [0, 0.05) is 7.05 Å². The summed E-state index contributed by atoms with van der Waals surface area (Å²) in [6.07, 6.45) is -5.37. The number of hydrogen-bond donors (Lipinski definition) is 1. The van der Waals surface area contributed by atoms with Gasteiger partial charge in [0.15, 0.2) is 0 Å². The molecular weight excluding hydrogens is 283 g/mol. The average Bonchev–Trinajstić information content (AvgIpc) is 2.26. The van der Waals surface area contributed by atoms with Crippen molar-refractivity contribution in [1.29, 1.82) is 0 Å². The van der Waals surface area contributed by atoms with Gasteiger partial charge in [-0.05, 0) is 24.6 Å². The van der Waals surface area contributed by atoms with Crippen molar-refractivity contribution in [3.63, 3.8) is 0 Å². The molecule has 0 radical (unpaired) electrons. The monoisotopic (exact) mass is 297 g/mol. The van der Waals surface area contributed by atoms with E-state index < -0.39 is 28.8 Å². The Hall–Kier alpha value is -1.12. The van der Waals surface area contributed by atoms with Crippen LogP contribution < -0.4 is 0 Å². The van der Waals surface area contributed by atoms with Crippen molar-refractivity contribution in [3.8, 4) is 0 Å². The largest absolute Gasteiger partial charge is 0.402 e. The lowest BCUT2D eigenvalue weighted by Crippen LogP contribution is -2.35. The highest BCUT2D eigenvalue weighted by Gasteiger charge is 2.34. The third-order valence-electron chi connectivity index (χ3n) is 2.47. The molecule has 19 heavy (non-hydrogen) atoms. The summed E-state index contributed by atoms with van der Waals surface area (Å²) < 4.78 is 60.5. The number of nitrogens with zero attached hydrogens (tertiary/aromatic N) is 1. The van der Waals surface area contributed by atoms with E-state index in [4.69, 9.17) is 0 Å². The smallest absolute Gasteiger partial charge is 0.389 e. The van der Waals surface area contributed by atoms with Crippen LogP contribution in [0.5, 0.6) is 0 Å². The molecule has 0 aromatic heterocycles. The van der Waals surface area contributed by atoms with Crippen molar-refractivity contribution >= 4 is 10.0 Å². The van der Waals surface area contributed by atoms with E-state index in [0.717, 1.165) is 7.05 Å². The Kier molecular flexibility index (Phi) is 4.59. The minimum atomic E-state index is -4.60. The van der Waals surface area contributed by atoms with Gasteiger partial charge >= 0.3 is 6.18 Å². The molecule has 1 atom stereocenters. The maximum Gasteiger partial charge on any atom is 0.402 e. The van der Waals surface area contributed by atoms with Gasteiger partial charge in [0.05, 0.1) is 11.0 Å². The first-order chi connectivity index (χ1) is 8.54. The lowest BCUT2D eigenvalue weighted by molar-refractivity contribution is -0.134. The molecule has 0 fully saturated rings. The highest BCUT2D eigenvalue weighted by molar-refractivity contribution is 7.89. The molecule has 0 saturated heterocycles. The fourth-order valence-corrected chi connectivity index (χ4v) is 2.59. The normalized spacial score (nSPS) is 14.7. The van der Waals surface area contributed by atoms with E-state index in [1.807, 2.05) is 0 Å². The van der Waals surface area contributed by atoms with Gasteiger partial charge in [-0.2, -0.15) is 17.5 Å². The van der Waals surface area contributed by atoms with Crippen molar-refractivity contribution in [2.24, 2.45) is 0 Å². The van der Waals surface area contributed by atoms with Crippen LogP contribution >= 0.6 is 0 Å². The van der Waals surface area contributed by atoms with Crippen LogP contribution in [-0.4, -0.2) is 37.6 Å². The maximum atomic E-state index is 12.2. The summed E-state index contributed by atoms with van der Waals surface area (Å²) in [7, 11) is -3.32. The fraction of sp³-hybridized carbons (Fsp3) is 0.455. The van der Waals surface area contributed by atoms with Crippen LogP contribution in [0.25, 0.3) is 0 Å². The van der Waals surface area contributed by atoms with E-state index >= 15 is 0 Å². The lowest BCUT2D eigenvalue weighted by Gasteiger charge is -2.19. The van der Waals surface area contributed by atoms with Crippen LogP contribution in [-0.2, 0) is 10.0 Å². The highest BCUT2D eigenvalue weighted by atomic mass is 32.2. The molecule has 0 aliphatic heterocycles. The summed E-state index contributed by atoms with van der Waals surface area (Å²) in [6, 6.07) is 5.06. The molecule has 0 bridgehead atoms. The van der Waals surface area contributed by atoms with Gasteiger partial charge in [-0.1, -0.05) is 12.1 Å². The van der Waals surface area contributed by atoms with Crippen molar-refractivity contribution in [1.82, 2.24) is 4.31 Å². The number of benzene rings is 1. The van der Waals surface area contributed by atoms with E-state index in [2.05, 4.69) is 0 Å². The first kappa shape index (κ1) is 15.9. The van der Waals surface area contributed by atoms with Crippen LogP contribution in [0.4, 0.5) is 13.2 Å². The van der Waals surface area contributed by atoms with Gasteiger partial charge in [0.2, 0.25) is 10.0 Å². The molecule has 1 unspecified atom stereocenters. The summed E-state index contributed by atoms with van der Waals surface area (Å²) in [4.78, 5) is -0.247. The van der Waals surface area contributed by atoms with Gasteiger partial charge in [-0.15, -0.1) is 0 Å². The number of aliphatic hydroxyl groups excluding tert-OH is 1. The standard InChI is InChI=1S/C11H14F3NO3S/c1-8(16)9-3-5-10(6-4-9)19(17,18)15(2)7-11(12,13)14/h3-6,8,16H,7H2,1-2H3. The molecule has 1 aromatic rings. The Labute approximate surface area is 109 Å². The number of sulfonamides is 1. The van der Waals surface area contributed by atoms with E-state index in [0.29, 0.717) is 5.56 Å². The fourth-order valence-electron chi connectivity index (χ4n) is 1.44. The summed E-state index contributed by atoms with van der Waals surface area (Å²) in [5, 5.41) is 9.27. The summed E-state index contributed by atoms with van der Waals surface area (Å²) in [5.41, 5.74) is 0.484. The molecule has 0 heterocycles. The van der Waals surface area contributed by atoms with Crippen LogP contribution in [0.3, 0.4) is 0 Å². The molecule has 0 aliphatic carbocycles. The second-order valence-corrected chi connectivity index (χ2v) is 6.17. The molecule has 0 aliphatic rings. The summed E-state index contributed by atoms with van der Waals surface area (Å²) in [5.74, 6) is 0. The molecule has 4 nitrogen and oxygen atoms in total. The molecule has 1 rings (SSSR count). The Bertz CT molecular complexity index is 523. The van der Waals surface area contributed by atoms with E-state index in [1.165, 1.54) is 31.2 Å². The Morgan fingerprint density at radius 3 is 2.11 bits per heavy atom. The molecule has 0 saturated carbocycles. The first-order valence-corrected chi connectivity index (χ1v) is 6.79. The van der Waals surface area contributed by atoms with Gasteiger partial charge in [0.25, 0.3) is 0 Å². The highest BCUT2D eigenvalue weighted by Crippen LogP contribution is 2.22. The van der Waals surface area contributed by atoms with Crippen LogP contribution in [0.1, 0.15) is 18.6 Å². The first-order valence-electron chi connectivity index (χ1n) is 5.35. The average molecular weight is 297 g/mol. The van der Waals surface area contributed by atoms with Crippen molar-refractivity contribution in [3.05, 3.63) is 29.8 Å². The third kappa shape index (κ3) is 4.19. The molecule has 0 spiro atoms. The van der Waals surface area contributed by atoms with Crippen molar-refractivity contribution in [2.45, 2.75) is 24.1 Å². The molecule has 1 aromatic carbocycles. The second kappa shape index (κ2) is 5.48. The minimum Gasteiger partial charge on any atom is -0.389 e. The van der Waals surface area contributed by atoms with Gasteiger partial charge < -0.3 is 5.11 Å². The lowest BCUT2D eigenvalue weighted by atomic mass is 10.1. The van der Waals surface area contributed by atoms with E-state index in [-0.39, 0.29) is 9.20 Å². The third-order valence-corrected chi connectivity index (χ3v) is 4.29. The molecule has 1 N–H and O–H groups in total. The van der Waals surface area contributed by atoms with Crippen LogP contribution in [0.2, 0.25) is 0 Å². The van der Waals surface area contributed by atoms with Crippen LogP contribution in [0.15, 0.2) is 29.2 Å². The molecule has 108 valence electrons. The summed E-state index contributed by atoms with van der Waals surface area (Å²) >= 11 is 0. The number of alkyl halides is 3. The predicted molar refractivity (Wildman–Crippen MR) is 62.9 cm³/mol. The molecular formula is C11H14F3NO3S. The Balaban J connectivity index is 3.00. The second-order valence-electron chi connectivity index (χ2n) is 4.12. The zero-order chi connectivity index (χ0) is 14.8. The Morgan fingerprint density at radius 1 is 1.26 bits per heavy atom. The number of aliphatic hydroxyl groups is 1. The predicted octanol–water partition coefficient (Wildman–Crippen LogP) is 1.92. The maximum absolute atomic E-state index is 12.2. The van der Waals surface area contributed by atoms with E-state index in [1.54, 1.807) is 0 Å². The number of halogens is 3. The zero-order valence-corrected chi connectivity index (χ0v) is 11.2. The number of rotatable bonds is 4. The summed E-state index contributed by atoms with van der Waals surface area (Å²) in [6.45, 7) is -0.0488. The van der Waals surface area contributed by atoms with Gasteiger partial charge in [-0.25, -0.2) is 8.42 Å². The van der Waals surface area contributed by atoms with Gasteiger partial charge in [-0.3, -0.25) is 0 Å². The zero-order valence-electron chi connectivity index (χ0n) is 10.3. The van der Waals surface area contributed by atoms with Crippen molar-refractivity contribution in [2.75, 3.05) is 13.6 Å². The minimum absolute atomic E-state index is 0.240. The molecule has 0 amide bonds. The van der Waals surface area contributed by atoms with Gasteiger partial charge in [0.1, 0.15) is 6.54 Å². The quantitative estimate of drug-likeness (QED) is 0.923. The number of hydrogen-bond acceptors (Lipinski definition) is 3. The SMILES string of the molecule is CC(O)c1ccc(S(=O)(=O)N(C)CC(F)(F)F)cc1. The molecule has 8 heteroatoms. The van der Waals surface area contributed by atoms with E-state index in [9.17, 15) is 26.7 Å².